The molecule has 2 fully saturated rings. The van der Waals surface area contributed by atoms with Crippen molar-refractivity contribution in [1.82, 2.24) is 14.7 Å². The number of hydrogen-bond donors (Lipinski definition) is 0. The predicted molar refractivity (Wildman–Crippen MR) is 83.1 cm³/mol. The van der Waals surface area contributed by atoms with Gasteiger partial charge in [-0.05, 0) is 25.7 Å². The Morgan fingerprint density at radius 2 is 1.90 bits per heavy atom. The van der Waals surface area contributed by atoms with Gasteiger partial charge in [0.15, 0.2) is 0 Å². The van der Waals surface area contributed by atoms with Crippen LogP contribution in [0.3, 0.4) is 0 Å². The molecule has 0 aliphatic carbocycles. The molecule has 0 spiro atoms. The van der Waals surface area contributed by atoms with Crippen LogP contribution in [0.15, 0.2) is 0 Å². The Bertz CT molecular complexity index is 353. The Hall–Kier alpha value is -0.940. The Balaban J connectivity index is 1.72. The monoisotopic (exact) mass is 295 g/mol. The second kappa shape index (κ2) is 7.90. The maximum Gasteiger partial charge on any atom is 0.222 e. The fraction of sp³-hybridized carbons (Fsp3) is 0.875. The molecule has 2 aliphatic heterocycles. The van der Waals surface area contributed by atoms with Crippen molar-refractivity contribution in [2.24, 2.45) is 5.92 Å². The minimum Gasteiger partial charge on any atom is -0.343 e. The van der Waals surface area contributed by atoms with Gasteiger partial charge in [0.1, 0.15) is 6.29 Å². The molecule has 2 rings (SSSR count). The van der Waals surface area contributed by atoms with E-state index in [9.17, 15) is 9.59 Å². The first kappa shape index (κ1) is 16.4. The molecular formula is C16H29N3O2. The van der Waals surface area contributed by atoms with Gasteiger partial charge >= 0.3 is 0 Å². The molecule has 1 amide bonds. The maximum atomic E-state index is 11.7. The van der Waals surface area contributed by atoms with Crippen LogP contribution in [0.1, 0.15) is 33.1 Å². The smallest absolute Gasteiger partial charge is 0.222 e. The molecular weight excluding hydrogens is 266 g/mol. The average Bonchev–Trinajstić information content (AvgIpc) is 2.50. The zero-order chi connectivity index (χ0) is 15.2. The molecule has 0 aromatic heterocycles. The minimum absolute atomic E-state index is 0.296. The van der Waals surface area contributed by atoms with E-state index >= 15 is 0 Å². The summed E-state index contributed by atoms with van der Waals surface area (Å²) in [6.07, 6.45) is 3.90. The number of rotatable bonds is 5. The number of hydrogen-bond acceptors (Lipinski definition) is 4. The SMILES string of the molecule is CCC(=O)N1CCC(CN2CCN(CC=O)C(C)C2)CC1. The molecule has 2 saturated heterocycles. The van der Waals surface area contributed by atoms with Crippen LogP contribution in [-0.4, -0.2) is 78.7 Å². The van der Waals surface area contributed by atoms with Crippen LogP contribution in [0.25, 0.3) is 0 Å². The molecule has 120 valence electrons. The van der Waals surface area contributed by atoms with E-state index in [1.807, 2.05) is 11.8 Å². The van der Waals surface area contributed by atoms with Crippen molar-refractivity contribution in [1.29, 1.82) is 0 Å². The van der Waals surface area contributed by atoms with E-state index in [1.165, 1.54) is 0 Å². The summed E-state index contributed by atoms with van der Waals surface area (Å²) in [5.74, 6) is 1.01. The van der Waals surface area contributed by atoms with Crippen LogP contribution in [0.2, 0.25) is 0 Å². The van der Waals surface area contributed by atoms with Crippen LogP contribution in [0.4, 0.5) is 0 Å². The van der Waals surface area contributed by atoms with Crippen molar-refractivity contribution in [2.45, 2.75) is 39.2 Å². The Labute approximate surface area is 128 Å². The van der Waals surface area contributed by atoms with Crippen molar-refractivity contribution in [3.63, 3.8) is 0 Å². The summed E-state index contributed by atoms with van der Waals surface area (Å²) in [4.78, 5) is 29.1. The standard InChI is InChI=1S/C16H29N3O2/c1-3-16(21)19-6-4-15(5-7-19)13-17-8-9-18(10-11-20)14(2)12-17/h11,14-15H,3-10,12-13H2,1-2H3. The average molecular weight is 295 g/mol. The number of aldehydes is 1. The van der Waals surface area contributed by atoms with Crippen LogP contribution < -0.4 is 0 Å². The summed E-state index contributed by atoms with van der Waals surface area (Å²) in [6, 6.07) is 0.464. The van der Waals surface area contributed by atoms with Crippen molar-refractivity contribution < 1.29 is 9.59 Å². The number of piperazine rings is 1. The highest BCUT2D eigenvalue weighted by Crippen LogP contribution is 2.20. The molecule has 2 heterocycles. The molecule has 1 unspecified atom stereocenters. The number of nitrogens with zero attached hydrogens (tertiary/aromatic N) is 3. The highest BCUT2D eigenvalue weighted by molar-refractivity contribution is 5.75. The molecule has 0 N–H and O–H groups in total. The third-order valence-electron chi connectivity index (χ3n) is 4.94. The lowest BCUT2D eigenvalue weighted by atomic mass is 9.95. The lowest BCUT2D eigenvalue weighted by Crippen LogP contribution is -2.53. The fourth-order valence-corrected chi connectivity index (χ4v) is 3.56. The molecule has 0 aromatic rings. The van der Waals surface area contributed by atoms with Gasteiger partial charge in [-0.3, -0.25) is 9.69 Å². The third kappa shape index (κ3) is 4.51. The van der Waals surface area contributed by atoms with Gasteiger partial charge in [0.05, 0.1) is 6.54 Å². The molecule has 0 radical (unpaired) electrons. The first-order chi connectivity index (χ1) is 10.1. The first-order valence-electron chi connectivity index (χ1n) is 8.31. The van der Waals surface area contributed by atoms with Gasteiger partial charge in [0.2, 0.25) is 5.91 Å². The minimum atomic E-state index is 0.296. The van der Waals surface area contributed by atoms with Gasteiger partial charge in [0, 0.05) is 51.7 Å². The highest BCUT2D eigenvalue weighted by Gasteiger charge is 2.27. The summed E-state index contributed by atoms with van der Waals surface area (Å²) >= 11 is 0. The lowest BCUT2D eigenvalue weighted by molar-refractivity contribution is -0.132. The summed E-state index contributed by atoms with van der Waals surface area (Å²) in [5.41, 5.74) is 0. The van der Waals surface area contributed by atoms with Crippen LogP contribution in [-0.2, 0) is 9.59 Å². The number of piperidine rings is 1. The van der Waals surface area contributed by atoms with Gasteiger partial charge in [-0.15, -0.1) is 0 Å². The van der Waals surface area contributed by atoms with Crippen LogP contribution in [0.5, 0.6) is 0 Å². The molecule has 0 bridgehead atoms. The highest BCUT2D eigenvalue weighted by atomic mass is 16.2. The van der Waals surface area contributed by atoms with E-state index in [1.54, 1.807) is 0 Å². The molecule has 1 atom stereocenters. The normalized spacial score (nSPS) is 26.0. The van der Waals surface area contributed by atoms with Crippen molar-refractivity contribution in [3.8, 4) is 0 Å². The second-order valence-corrected chi connectivity index (χ2v) is 6.45. The number of carbonyl (C=O) groups excluding carboxylic acids is 2. The van der Waals surface area contributed by atoms with Crippen LogP contribution >= 0.6 is 0 Å². The number of likely N-dealkylation sites (tertiary alicyclic amines) is 1. The summed E-state index contributed by atoms with van der Waals surface area (Å²) < 4.78 is 0. The Kier molecular flexibility index (Phi) is 6.18. The second-order valence-electron chi connectivity index (χ2n) is 6.45. The van der Waals surface area contributed by atoms with E-state index < -0.39 is 0 Å². The van der Waals surface area contributed by atoms with E-state index in [0.717, 1.165) is 64.3 Å². The summed E-state index contributed by atoms with van der Waals surface area (Å²) in [5, 5.41) is 0. The molecule has 2 aliphatic rings. The van der Waals surface area contributed by atoms with Gasteiger partial charge in [0.25, 0.3) is 0 Å². The van der Waals surface area contributed by atoms with Gasteiger partial charge in [-0.25, -0.2) is 0 Å². The van der Waals surface area contributed by atoms with Crippen LogP contribution in [0, 0.1) is 5.92 Å². The fourth-order valence-electron chi connectivity index (χ4n) is 3.56. The molecule has 0 saturated carbocycles. The maximum absolute atomic E-state index is 11.7. The lowest BCUT2D eigenvalue weighted by Gasteiger charge is -2.41. The molecule has 0 aromatic carbocycles. The Morgan fingerprint density at radius 3 is 2.48 bits per heavy atom. The van der Waals surface area contributed by atoms with Crippen molar-refractivity contribution in [3.05, 3.63) is 0 Å². The summed E-state index contributed by atoms with van der Waals surface area (Å²) in [7, 11) is 0. The third-order valence-corrected chi connectivity index (χ3v) is 4.94. The number of amides is 1. The Morgan fingerprint density at radius 1 is 1.19 bits per heavy atom. The summed E-state index contributed by atoms with van der Waals surface area (Å²) in [6.45, 7) is 10.8. The first-order valence-corrected chi connectivity index (χ1v) is 8.31. The van der Waals surface area contributed by atoms with Gasteiger partial charge in [-0.1, -0.05) is 6.92 Å². The van der Waals surface area contributed by atoms with Gasteiger partial charge < -0.3 is 14.6 Å². The molecule has 5 nitrogen and oxygen atoms in total. The van der Waals surface area contributed by atoms with E-state index in [-0.39, 0.29) is 0 Å². The topological polar surface area (TPSA) is 43.9 Å². The predicted octanol–water partition coefficient (Wildman–Crippen LogP) is 0.840. The zero-order valence-electron chi connectivity index (χ0n) is 13.5. The largest absolute Gasteiger partial charge is 0.343 e. The van der Waals surface area contributed by atoms with Crippen molar-refractivity contribution in [2.75, 3.05) is 45.8 Å². The van der Waals surface area contributed by atoms with E-state index in [4.69, 9.17) is 0 Å². The van der Waals surface area contributed by atoms with Crippen molar-refractivity contribution >= 4 is 12.2 Å². The number of carbonyl (C=O) groups is 2. The van der Waals surface area contributed by atoms with E-state index in [2.05, 4.69) is 16.7 Å². The van der Waals surface area contributed by atoms with Gasteiger partial charge in [-0.2, -0.15) is 0 Å². The quantitative estimate of drug-likeness (QED) is 0.705. The van der Waals surface area contributed by atoms with E-state index in [0.29, 0.717) is 24.9 Å². The molecule has 5 heteroatoms. The molecule has 21 heavy (non-hydrogen) atoms. The zero-order valence-corrected chi connectivity index (χ0v) is 13.5.